The number of carbonyl (C=O) groups excluding carboxylic acids is 1. The third-order valence-electron chi connectivity index (χ3n) is 4.98. The van der Waals surface area contributed by atoms with Gasteiger partial charge in [0.25, 0.3) is 11.5 Å². The maximum Gasteiger partial charge on any atom is 0.261 e. The molecule has 0 aliphatic carbocycles. The second-order valence-corrected chi connectivity index (χ2v) is 6.81. The zero-order chi connectivity index (χ0) is 18.1. The second-order valence-electron chi connectivity index (χ2n) is 6.81. The fourth-order valence-electron chi connectivity index (χ4n) is 3.57. The number of nitrogens with one attached hydrogen (secondary N) is 1. The van der Waals surface area contributed by atoms with Crippen molar-refractivity contribution in [3.8, 4) is 0 Å². The Morgan fingerprint density at radius 3 is 2.60 bits per heavy atom. The first kappa shape index (κ1) is 17.4. The topological polar surface area (TPSA) is 91.2 Å². The molecule has 2 aromatic rings. The number of amides is 1. The van der Waals surface area contributed by atoms with Crippen LogP contribution in [-0.4, -0.2) is 43.5 Å². The van der Waals surface area contributed by atoms with Crippen LogP contribution in [-0.2, 0) is 7.05 Å². The van der Waals surface area contributed by atoms with Gasteiger partial charge in [0.1, 0.15) is 17.5 Å². The molecule has 134 valence electrons. The van der Waals surface area contributed by atoms with Gasteiger partial charge >= 0.3 is 0 Å². The third kappa shape index (κ3) is 3.37. The van der Waals surface area contributed by atoms with Crippen molar-refractivity contribution in [1.29, 1.82) is 0 Å². The molecule has 1 aliphatic rings. The van der Waals surface area contributed by atoms with Gasteiger partial charge in [0.05, 0.1) is 0 Å². The zero-order valence-corrected chi connectivity index (χ0v) is 14.8. The summed E-state index contributed by atoms with van der Waals surface area (Å²) in [5.74, 6) is 0.474. The van der Waals surface area contributed by atoms with Crippen LogP contribution < -0.4 is 5.56 Å². The number of piperidine rings is 1. The van der Waals surface area contributed by atoms with Gasteiger partial charge in [0.2, 0.25) is 0 Å². The highest BCUT2D eigenvalue weighted by Gasteiger charge is 2.31. The number of aromatic nitrogens is 3. The summed E-state index contributed by atoms with van der Waals surface area (Å²) in [5, 5.41) is 10.5. The maximum absolute atomic E-state index is 12.7. The Kier molecular flexibility index (Phi) is 4.76. The molecule has 3 rings (SSSR count). The van der Waals surface area contributed by atoms with Crippen molar-refractivity contribution in [3.05, 3.63) is 51.5 Å². The third-order valence-corrected chi connectivity index (χ3v) is 4.98. The number of rotatable bonds is 3. The summed E-state index contributed by atoms with van der Waals surface area (Å²) in [4.78, 5) is 33.5. The standard InChI is InChI=1S/C18H24N4O3/c1-11-10-12(2)20-17(24)14(11)18(25)22-7-4-13(5-8-22)15(23)16-19-6-9-21(16)3/h6,9-10,13,15,23H,4-5,7-8H2,1-3H3,(H,20,24)/t15-/m1/s1. The molecule has 0 aromatic carbocycles. The van der Waals surface area contributed by atoms with Crippen molar-refractivity contribution in [1.82, 2.24) is 19.4 Å². The Hall–Kier alpha value is -2.41. The predicted molar refractivity (Wildman–Crippen MR) is 93.3 cm³/mol. The molecule has 7 heteroatoms. The molecule has 1 saturated heterocycles. The minimum atomic E-state index is -0.637. The summed E-state index contributed by atoms with van der Waals surface area (Å²) in [7, 11) is 1.86. The Morgan fingerprint density at radius 2 is 2.04 bits per heavy atom. The van der Waals surface area contributed by atoms with Crippen LogP contribution in [0.5, 0.6) is 0 Å². The first-order valence-corrected chi connectivity index (χ1v) is 8.53. The molecule has 1 fully saturated rings. The van der Waals surface area contributed by atoms with Gasteiger partial charge in [0, 0.05) is 38.2 Å². The molecule has 0 bridgehead atoms. The van der Waals surface area contributed by atoms with Gasteiger partial charge in [-0.3, -0.25) is 9.59 Å². The number of aliphatic hydroxyl groups is 1. The van der Waals surface area contributed by atoms with Crippen molar-refractivity contribution in [2.24, 2.45) is 13.0 Å². The Balaban J connectivity index is 1.69. The number of carbonyl (C=O) groups is 1. The van der Waals surface area contributed by atoms with Crippen LogP contribution in [0.2, 0.25) is 0 Å². The monoisotopic (exact) mass is 344 g/mol. The minimum Gasteiger partial charge on any atom is -0.385 e. The van der Waals surface area contributed by atoms with Gasteiger partial charge in [-0.25, -0.2) is 4.98 Å². The van der Waals surface area contributed by atoms with Crippen LogP contribution in [0.4, 0.5) is 0 Å². The maximum atomic E-state index is 12.7. The Labute approximate surface area is 146 Å². The quantitative estimate of drug-likeness (QED) is 0.878. The lowest BCUT2D eigenvalue weighted by molar-refractivity contribution is 0.0418. The van der Waals surface area contributed by atoms with E-state index in [1.807, 2.05) is 23.9 Å². The van der Waals surface area contributed by atoms with Gasteiger partial charge in [-0.05, 0) is 44.2 Å². The van der Waals surface area contributed by atoms with Crippen LogP contribution in [0, 0.1) is 19.8 Å². The van der Waals surface area contributed by atoms with E-state index in [0.29, 0.717) is 37.3 Å². The number of hydrogen-bond donors (Lipinski definition) is 2. The lowest BCUT2D eigenvalue weighted by Crippen LogP contribution is -2.42. The van der Waals surface area contributed by atoms with E-state index in [1.165, 1.54) is 0 Å². The second kappa shape index (κ2) is 6.84. The van der Waals surface area contributed by atoms with E-state index in [0.717, 1.165) is 5.69 Å². The molecule has 0 unspecified atom stereocenters. The number of imidazole rings is 1. The number of pyridine rings is 1. The van der Waals surface area contributed by atoms with E-state index < -0.39 is 6.10 Å². The summed E-state index contributed by atoms with van der Waals surface area (Å²) in [6, 6.07) is 1.81. The molecule has 1 atom stereocenters. The summed E-state index contributed by atoms with van der Waals surface area (Å²) < 4.78 is 1.82. The molecule has 0 radical (unpaired) electrons. The van der Waals surface area contributed by atoms with E-state index in [9.17, 15) is 14.7 Å². The number of aliphatic hydroxyl groups excluding tert-OH is 1. The number of hydrogen-bond acceptors (Lipinski definition) is 4. The van der Waals surface area contributed by atoms with Crippen molar-refractivity contribution < 1.29 is 9.90 Å². The van der Waals surface area contributed by atoms with Crippen LogP contribution in [0.15, 0.2) is 23.3 Å². The molecule has 25 heavy (non-hydrogen) atoms. The van der Waals surface area contributed by atoms with Crippen molar-refractivity contribution in [2.45, 2.75) is 32.8 Å². The van der Waals surface area contributed by atoms with E-state index in [2.05, 4.69) is 9.97 Å². The van der Waals surface area contributed by atoms with E-state index in [-0.39, 0.29) is 22.9 Å². The smallest absolute Gasteiger partial charge is 0.261 e. The number of nitrogens with zero attached hydrogens (tertiary/aromatic N) is 3. The molecule has 0 saturated carbocycles. The van der Waals surface area contributed by atoms with Crippen molar-refractivity contribution >= 4 is 5.91 Å². The number of aryl methyl sites for hydroxylation is 3. The summed E-state index contributed by atoms with van der Waals surface area (Å²) in [6.45, 7) is 4.63. The highest BCUT2D eigenvalue weighted by Crippen LogP contribution is 2.30. The summed E-state index contributed by atoms with van der Waals surface area (Å²) >= 11 is 0. The zero-order valence-electron chi connectivity index (χ0n) is 14.8. The molecular weight excluding hydrogens is 320 g/mol. The average molecular weight is 344 g/mol. The SMILES string of the molecule is Cc1cc(C)c(C(=O)N2CCC([C@@H](O)c3nccn3C)CC2)c(=O)[nH]1. The molecule has 3 heterocycles. The molecule has 2 aromatic heterocycles. The molecule has 2 N–H and O–H groups in total. The predicted octanol–water partition coefficient (Wildman–Crippen LogP) is 1.31. The summed E-state index contributed by atoms with van der Waals surface area (Å²) in [5.41, 5.74) is 1.32. The fourth-order valence-corrected chi connectivity index (χ4v) is 3.57. The number of H-pyrrole nitrogens is 1. The van der Waals surface area contributed by atoms with E-state index >= 15 is 0 Å². The number of aromatic amines is 1. The van der Waals surface area contributed by atoms with Gasteiger partial charge in [-0.2, -0.15) is 0 Å². The lowest BCUT2D eigenvalue weighted by Gasteiger charge is -2.34. The molecule has 1 amide bonds. The van der Waals surface area contributed by atoms with Crippen LogP contribution in [0.1, 0.15) is 46.4 Å². The fraction of sp³-hybridized carbons (Fsp3) is 0.500. The molecule has 0 spiro atoms. The molecular formula is C18H24N4O3. The van der Waals surface area contributed by atoms with Gasteiger partial charge in [-0.15, -0.1) is 0 Å². The highest BCUT2D eigenvalue weighted by atomic mass is 16.3. The minimum absolute atomic E-state index is 0.0579. The average Bonchev–Trinajstić information content (AvgIpc) is 2.99. The van der Waals surface area contributed by atoms with Gasteiger partial charge < -0.3 is 19.6 Å². The van der Waals surface area contributed by atoms with Gasteiger partial charge in [-0.1, -0.05) is 0 Å². The molecule has 1 aliphatic heterocycles. The first-order chi connectivity index (χ1) is 11.9. The largest absolute Gasteiger partial charge is 0.385 e. The Morgan fingerprint density at radius 1 is 1.36 bits per heavy atom. The van der Waals surface area contributed by atoms with E-state index in [4.69, 9.17) is 0 Å². The van der Waals surface area contributed by atoms with Crippen LogP contribution >= 0.6 is 0 Å². The lowest BCUT2D eigenvalue weighted by atomic mass is 9.90. The summed E-state index contributed by atoms with van der Waals surface area (Å²) in [6.07, 6.45) is 4.21. The Bertz CT molecular complexity index is 831. The van der Waals surface area contributed by atoms with Gasteiger partial charge in [0.15, 0.2) is 0 Å². The van der Waals surface area contributed by atoms with E-state index in [1.54, 1.807) is 24.9 Å². The highest BCUT2D eigenvalue weighted by molar-refractivity contribution is 5.95. The first-order valence-electron chi connectivity index (χ1n) is 8.53. The number of likely N-dealkylation sites (tertiary alicyclic amines) is 1. The van der Waals surface area contributed by atoms with Crippen LogP contribution in [0.3, 0.4) is 0 Å². The molecule has 7 nitrogen and oxygen atoms in total. The van der Waals surface area contributed by atoms with Crippen molar-refractivity contribution in [3.63, 3.8) is 0 Å². The van der Waals surface area contributed by atoms with Crippen molar-refractivity contribution in [2.75, 3.05) is 13.1 Å². The van der Waals surface area contributed by atoms with Crippen LogP contribution in [0.25, 0.3) is 0 Å². The normalized spacial score (nSPS) is 16.9.